The molecule has 2 N–H and O–H groups in total. The van der Waals surface area contributed by atoms with Crippen LogP contribution in [0.15, 0.2) is 10.3 Å². The molecule has 0 atom stereocenters. The van der Waals surface area contributed by atoms with Gasteiger partial charge in [0.25, 0.3) is 0 Å². The topological polar surface area (TPSA) is 99.3 Å². The van der Waals surface area contributed by atoms with Gasteiger partial charge in [0.15, 0.2) is 23.0 Å². The van der Waals surface area contributed by atoms with Gasteiger partial charge < -0.3 is 10.4 Å². The fourth-order valence-corrected chi connectivity index (χ4v) is 0.569. The average molecular weight is 172 g/mol. The second kappa shape index (κ2) is 4.22. The van der Waals surface area contributed by atoms with Gasteiger partial charge in [-0.25, -0.2) is 0 Å². The zero-order valence-corrected chi connectivity index (χ0v) is 6.61. The SMILES string of the molecule is CC(=O)C(=N\O)/C(=N/O)C(C)=O. The molecule has 6 heteroatoms. The van der Waals surface area contributed by atoms with Crippen LogP contribution in [0, 0.1) is 0 Å². The Bertz CT molecular complexity index is 239. The van der Waals surface area contributed by atoms with E-state index in [-0.39, 0.29) is 0 Å². The third kappa shape index (κ3) is 2.15. The van der Waals surface area contributed by atoms with Crippen LogP contribution in [0.5, 0.6) is 0 Å². The molecule has 0 aromatic rings. The lowest BCUT2D eigenvalue weighted by molar-refractivity contribution is -0.112. The van der Waals surface area contributed by atoms with E-state index in [1.807, 2.05) is 0 Å². The summed E-state index contributed by atoms with van der Waals surface area (Å²) in [6.07, 6.45) is 0. The lowest BCUT2D eigenvalue weighted by Crippen LogP contribution is -2.27. The largest absolute Gasteiger partial charge is 0.410 e. The maximum atomic E-state index is 10.6. The maximum absolute atomic E-state index is 10.6. The molecule has 0 fully saturated rings. The molecule has 0 aliphatic heterocycles. The van der Waals surface area contributed by atoms with Gasteiger partial charge in [-0.2, -0.15) is 0 Å². The molecule has 0 aliphatic rings. The highest BCUT2D eigenvalue weighted by Crippen LogP contribution is 1.88. The summed E-state index contributed by atoms with van der Waals surface area (Å²) >= 11 is 0. The molecule has 0 unspecified atom stereocenters. The van der Waals surface area contributed by atoms with Gasteiger partial charge in [-0.05, 0) is 0 Å². The first-order valence-corrected chi connectivity index (χ1v) is 3.01. The van der Waals surface area contributed by atoms with E-state index in [2.05, 4.69) is 10.3 Å². The summed E-state index contributed by atoms with van der Waals surface area (Å²) < 4.78 is 0. The Morgan fingerprint density at radius 3 is 1.25 bits per heavy atom. The molecule has 0 aromatic carbocycles. The van der Waals surface area contributed by atoms with Crippen molar-refractivity contribution in [3.05, 3.63) is 0 Å². The standard InChI is InChI=1S/C6H8N2O4/c1-3(9)5(7-11)6(8-12)4(2)10/h11-12H,1-2H3/b7-5+,8-6+. The minimum Gasteiger partial charge on any atom is -0.410 e. The van der Waals surface area contributed by atoms with Crippen molar-refractivity contribution < 1.29 is 20.0 Å². The van der Waals surface area contributed by atoms with Gasteiger partial charge in [0.05, 0.1) is 0 Å². The molecular weight excluding hydrogens is 164 g/mol. The van der Waals surface area contributed by atoms with Crippen LogP contribution in [0.25, 0.3) is 0 Å². The molecule has 12 heavy (non-hydrogen) atoms. The quantitative estimate of drug-likeness (QED) is 0.350. The van der Waals surface area contributed by atoms with Crippen molar-refractivity contribution in [1.82, 2.24) is 0 Å². The van der Waals surface area contributed by atoms with Gasteiger partial charge in [-0.15, -0.1) is 0 Å². The molecule has 66 valence electrons. The van der Waals surface area contributed by atoms with Crippen molar-refractivity contribution in [2.75, 3.05) is 0 Å². The summed E-state index contributed by atoms with van der Waals surface area (Å²) in [4.78, 5) is 21.3. The number of hydrogen-bond donors (Lipinski definition) is 2. The van der Waals surface area contributed by atoms with Crippen molar-refractivity contribution in [3.8, 4) is 0 Å². The van der Waals surface area contributed by atoms with Gasteiger partial charge in [0.2, 0.25) is 0 Å². The first kappa shape index (κ1) is 10.3. The van der Waals surface area contributed by atoms with Crippen molar-refractivity contribution in [3.63, 3.8) is 0 Å². The van der Waals surface area contributed by atoms with Gasteiger partial charge >= 0.3 is 0 Å². The highest BCUT2D eigenvalue weighted by Gasteiger charge is 2.19. The monoisotopic (exact) mass is 172 g/mol. The van der Waals surface area contributed by atoms with E-state index in [9.17, 15) is 9.59 Å². The average Bonchev–Trinajstić information content (AvgIpc) is 1.98. The first-order valence-electron chi connectivity index (χ1n) is 3.01. The number of nitrogens with zero attached hydrogens (tertiary/aromatic N) is 2. The molecule has 0 aromatic heterocycles. The number of carbonyl (C=O) groups excluding carboxylic acids is 2. The number of carbonyl (C=O) groups is 2. The predicted octanol–water partition coefficient (Wildman–Crippen LogP) is -0.175. The first-order chi connectivity index (χ1) is 5.54. The molecule has 0 aliphatic carbocycles. The third-order valence-electron chi connectivity index (χ3n) is 1.09. The molecule has 0 radical (unpaired) electrons. The zero-order chi connectivity index (χ0) is 9.72. The summed E-state index contributed by atoms with van der Waals surface area (Å²) in [7, 11) is 0. The minimum atomic E-state index is -0.652. The summed E-state index contributed by atoms with van der Waals surface area (Å²) in [6.45, 7) is 2.17. The Morgan fingerprint density at radius 1 is 0.917 bits per heavy atom. The van der Waals surface area contributed by atoms with E-state index in [4.69, 9.17) is 10.4 Å². The van der Waals surface area contributed by atoms with Crippen LogP contribution in [0.1, 0.15) is 13.8 Å². The molecule has 0 heterocycles. The van der Waals surface area contributed by atoms with E-state index in [0.29, 0.717) is 0 Å². The second-order valence-corrected chi connectivity index (χ2v) is 2.01. The lowest BCUT2D eigenvalue weighted by atomic mass is 10.1. The van der Waals surface area contributed by atoms with E-state index in [1.54, 1.807) is 0 Å². The Labute approximate surface area is 68.2 Å². The van der Waals surface area contributed by atoms with Gasteiger partial charge in [0, 0.05) is 13.8 Å². The van der Waals surface area contributed by atoms with Crippen LogP contribution in [0.4, 0.5) is 0 Å². The van der Waals surface area contributed by atoms with Crippen LogP contribution >= 0.6 is 0 Å². The fourth-order valence-electron chi connectivity index (χ4n) is 0.569. The van der Waals surface area contributed by atoms with Crippen molar-refractivity contribution in [1.29, 1.82) is 0 Å². The van der Waals surface area contributed by atoms with E-state index in [0.717, 1.165) is 13.8 Å². The van der Waals surface area contributed by atoms with Crippen molar-refractivity contribution in [2.24, 2.45) is 10.3 Å². The van der Waals surface area contributed by atoms with Gasteiger partial charge in [-0.3, -0.25) is 9.59 Å². The van der Waals surface area contributed by atoms with E-state index >= 15 is 0 Å². The number of rotatable bonds is 3. The number of ketones is 2. The molecule has 0 rings (SSSR count). The van der Waals surface area contributed by atoms with Crippen LogP contribution < -0.4 is 0 Å². The van der Waals surface area contributed by atoms with Gasteiger partial charge in [-0.1, -0.05) is 10.3 Å². The molecule has 0 amide bonds. The summed E-state index contributed by atoms with van der Waals surface area (Å²) in [5.41, 5.74) is -1.10. The molecule has 0 spiro atoms. The Balaban J connectivity index is 4.99. The Hall–Kier alpha value is -1.72. The van der Waals surface area contributed by atoms with Crippen LogP contribution in [0.2, 0.25) is 0 Å². The third-order valence-corrected chi connectivity index (χ3v) is 1.09. The molecular formula is C6H8N2O4. The van der Waals surface area contributed by atoms with Crippen LogP contribution in [-0.4, -0.2) is 33.4 Å². The fraction of sp³-hybridized carbons (Fsp3) is 0.333. The van der Waals surface area contributed by atoms with Crippen molar-refractivity contribution in [2.45, 2.75) is 13.8 Å². The minimum absolute atomic E-state index is 0.551. The highest BCUT2D eigenvalue weighted by atomic mass is 16.4. The van der Waals surface area contributed by atoms with E-state index in [1.165, 1.54) is 0 Å². The van der Waals surface area contributed by atoms with Crippen LogP contribution in [0.3, 0.4) is 0 Å². The Morgan fingerprint density at radius 2 is 1.17 bits per heavy atom. The van der Waals surface area contributed by atoms with Crippen LogP contribution in [-0.2, 0) is 9.59 Å². The molecule has 0 saturated heterocycles. The number of hydrogen-bond acceptors (Lipinski definition) is 6. The molecule has 0 saturated carbocycles. The summed E-state index contributed by atoms with van der Waals surface area (Å²) in [5, 5.41) is 21.6. The zero-order valence-electron chi connectivity index (χ0n) is 6.61. The number of oxime groups is 2. The Kier molecular flexibility index (Phi) is 3.61. The predicted molar refractivity (Wildman–Crippen MR) is 39.8 cm³/mol. The molecule has 6 nitrogen and oxygen atoms in total. The normalized spacial score (nSPS) is 12.8. The number of Topliss-reactive ketones (excluding diaryl/α,β-unsaturated/α-hetero) is 2. The second-order valence-electron chi connectivity index (χ2n) is 2.01. The van der Waals surface area contributed by atoms with E-state index < -0.39 is 23.0 Å². The van der Waals surface area contributed by atoms with Gasteiger partial charge in [0.1, 0.15) is 0 Å². The highest BCUT2D eigenvalue weighted by molar-refractivity contribution is 6.80. The maximum Gasteiger partial charge on any atom is 0.184 e. The smallest absolute Gasteiger partial charge is 0.184 e. The lowest BCUT2D eigenvalue weighted by Gasteiger charge is -1.97. The summed E-state index contributed by atoms with van der Waals surface area (Å²) in [6, 6.07) is 0. The summed E-state index contributed by atoms with van der Waals surface area (Å²) in [5.74, 6) is -1.30. The van der Waals surface area contributed by atoms with Crippen molar-refractivity contribution >= 4 is 23.0 Å². The molecule has 0 bridgehead atoms.